The number of para-hydroxylation sites is 1. The molecule has 0 aliphatic rings. The Bertz CT molecular complexity index is 764. The average molecular weight is 382 g/mol. The number of amides is 1. The summed E-state index contributed by atoms with van der Waals surface area (Å²) in [6.07, 6.45) is -5.70. The Morgan fingerprint density at radius 1 is 1.19 bits per heavy atom. The van der Waals surface area contributed by atoms with E-state index in [0.717, 1.165) is 11.6 Å². The van der Waals surface area contributed by atoms with E-state index in [-0.39, 0.29) is 24.8 Å². The minimum atomic E-state index is -4.55. The molecule has 0 fully saturated rings. The third-order valence-corrected chi connectivity index (χ3v) is 3.89. The van der Waals surface area contributed by atoms with Crippen LogP contribution < -0.4 is 10.5 Å². The van der Waals surface area contributed by atoms with Gasteiger partial charge in [-0.1, -0.05) is 24.3 Å². The van der Waals surface area contributed by atoms with Crippen LogP contribution in [0.25, 0.3) is 0 Å². The van der Waals surface area contributed by atoms with Crippen LogP contribution in [0.15, 0.2) is 48.5 Å². The zero-order valence-electron chi connectivity index (χ0n) is 14.7. The Labute approximate surface area is 155 Å². The van der Waals surface area contributed by atoms with Crippen molar-refractivity contribution in [1.82, 2.24) is 4.90 Å². The van der Waals surface area contributed by atoms with Crippen LogP contribution in [-0.2, 0) is 12.7 Å². The number of aliphatic hydroxyl groups excluding tert-OH is 1. The van der Waals surface area contributed by atoms with Crippen LogP contribution in [0.5, 0.6) is 5.75 Å². The first kappa shape index (κ1) is 20.7. The van der Waals surface area contributed by atoms with Crippen LogP contribution in [0, 0.1) is 0 Å². The predicted molar refractivity (Wildman–Crippen MR) is 94.2 cm³/mol. The summed E-state index contributed by atoms with van der Waals surface area (Å²) in [5, 5.41) is 10.0. The largest absolute Gasteiger partial charge is 0.490 e. The van der Waals surface area contributed by atoms with Gasteiger partial charge in [0.1, 0.15) is 18.5 Å². The number of halogens is 3. The van der Waals surface area contributed by atoms with Gasteiger partial charge in [-0.15, -0.1) is 0 Å². The summed E-state index contributed by atoms with van der Waals surface area (Å²) in [4.78, 5) is 13.6. The van der Waals surface area contributed by atoms with Crippen molar-refractivity contribution in [2.45, 2.75) is 18.8 Å². The van der Waals surface area contributed by atoms with Crippen molar-refractivity contribution >= 4 is 5.91 Å². The van der Waals surface area contributed by atoms with Gasteiger partial charge in [-0.25, -0.2) is 0 Å². The van der Waals surface area contributed by atoms with Crippen molar-refractivity contribution in [3.8, 4) is 5.75 Å². The second-order valence-corrected chi connectivity index (χ2v) is 6.05. The first-order valence-corrected chi connectivity index (χ1v) is 8.24. The van der Waals surface area contributed by atoms with E-state index in [4.69, 9.17) is 10.5 Å². The molecule has 8 heteroatoms. The maximum atomic E-state index is 12.9. The van der Waals surface area contributed by atoms with Gasteiger partial charge in [-0.05, 0) is 29.8 Å². The van der Waals surface area contributed by atoms with E-state index < -0.39 is 17.8 Å². The molecule has 1 unspecified atom stereocenters. The molecular weight excluding hydrogens is 361 g/mol. The van der Waals surface area contributed by atoms with Crippen molar-refractivity contribution in [1.29, 1.82) is 0 Å². The highest BCUT2D eigenvalue weighted by Crippen LogP contribution is 2.35. The van der Waals surface area contributed by atoms with Gasteiger partial charge < -0.3 is 20.5 Å². The molecule has 2 rings (SSSR count). The number of carbonyl (C=O) groups excluding carboxylic acids is 1. The summed E-state index contributed by atoms with van der Waals surface area (Å²) in [5.41, 5.74) is 5.89. The van der Waals surface area contributed by atoms with E-state index in [1.807, 2.05) is 0 Å². The van der Waals surface area contributed by atoms with E-state index in [2.05, 4.69) is 0 Å². The van der Waals surface area contributed by atoms with Crippen molar-refractivity contribution in [3.05, 3.63) is 65.2 Å². The van der Waals surface area contributed by atoms with Crippen LogP contribution >= 0.6 is 0 Å². The van der Waals surface area contributed by atoms with Gasteiger partial charge in [-0.2, -0.15) is 13.2 Å². The first-order chi connectivity index (χ1) is 12.7. The number of hydrogen-bond acceptors (Lipinski definition) is 4. The molecule has 2 aromatic carbocycles. The molecule has 27 heavy (non-hydrogen) atoms. The smallest absolute Gasteiger partial charge is 0.419 e. The summed E-state index contributed by atoms with van der Waals surface area (Å²) in [6, 6.07) is 11.5. The monoisotopic (exact) mass is 382 g/mol. The molecule has 0 radical (unpaired) electrons. The Balaban J connectivity index is 1.93. The van der Waals surface area contributed by atoms with Crippen molar-refractivity contribution in [3.63, 3.8) is 0 Å². The fourth-order valence-corrected chi connectivity index (χ4v) is 2.47. The van der Waals surface area contributed by atoms with Crippen LogP contribution in [0.2, 0.25) is 0 Å². The average Bonchev–Trinajstić information content (AvgIpc) is 2.65. The molecule has 0 heterocycles. The topological polar surface area (TPSA) is 75.8 Å². The highest BCUT2D eigenvalue weighted by Gasteiger charge is 2.34. The fourth-order valence-electron chi connectivity index (χ4n) is 2.47. The number of alkyl halides is 3. The minimum absolute atomic E-state index is 0.0916. The van der Waals surface area contributed by atoms with Crippen molar-refractivity contribution in [2.75, 3.05) is 20.2 Å². The lowest BCUT2D eigenvalue weighted by Gasteiger charge is -2.22. The zero-order chi connectivity index (χ0) is 20.0. The Morgan fingerprint density at radius 3 is 2.41 bits per heavy atom. The third kappa shape index (κ3) is 5.70. The normalized spacial score (nSPS) is 12.5. The molecule has 2 aromatic rings. The molecule has 0 aliphatic heterocycles. The lowest BCUT2D eigenvalue weighted by atomic mass is 10.1. The third-order valence-electron chi connectivity index (χ3n) is 3.89. The Morgan fingerprint density at radius 2 is 1.81 bits per heavy atom. The lowest BCUT2D eigenvalue weighted by molar-refractivity contribution is -0.139. The van der Waals surface area contributed by atoms with Gasteiger partial charge in [-0.3, -0.25) is 4.79 Å². The number of likely N-dealkylation sites (N-methyl/N-ethyl adjacent to an activating group) is 1. The minimum Gasteiger partial charge on any atom is -0.490 e. The van der Waals surface area contributed by atoms with Crippen LogP contribution in [0.3, 0.4) is 0 Å². The summed E-state index contributed by atoms with van der Waals surface area (Å²) < 4.78 is 43.9. The van der Waals surface area contributed by atoms with E-state index in [0.29, 0.717) is 12.1 Å². The quantitative estimate of drug-likeness (QED) is 0.772. The highest BCUT2D eigenvalue weighted by atomic mass is 19.4. The van der Waals surface area contributed by atoms with Gasteiger partial charge in [0.05, 0.1) is 5.56 Å². The number of hydrogen-bond donors (Lipinski definition) is 2. The molecule has 0 saturated carbocycles. The second-order valence-electron chi connectivity index (χ2n) is 6.05. The molecule has 0 spiro atoms. The SMILES string of the molecule is CN(CC(O)COc1ccccc1C(F)(F)F)C(=O)c1ccc(CN)cc1. The maximum absolute atomic E-state index is 12.9. The van der Waals surface area contributed by atoms with E-state index >= 15 is 0 Å². The molecule has 0 saturated heterocycles. The van der Waals surface area contributed by atoms with E-state index in [1.54, 1.807) is 24.3 Å². The summed E-state index contributed by atoms with van der Waals surface area (Å²) in [7, 11) is 1.49. The molecule has 3 N–H and O–H groups in total. The molecule has 146 valence electrons. The number of aliphatic hydroxyl groups is 1. The van der Waals surface area contributed by atoms with E-state index in [9.17, 15) is 23.1 Å². The van der Waals surface area contributed by atoms with Gasteiger partial charge in [0.25, 0.3) is 5.91 Å². The first-order valence-electron chi connectivity index (χ1n) is 8.24. The molecule has 0 aromatic heterocycles. The number of ether oxygens (including phenoxy) is 1. The predicted octanol–water partition coefficient (Wildman–Crippen LogP) is 2.68. The summed E-state index contributed by atoms with van der Waals surface area (Å²) in [6.45, 7) is -0.109. The molecule has 1 atom stereocenters. The number of carbonyl (C=O) groups is 1. The zero-order valence-corrected chi connectivity index (χ0v) is 14.7. The Kier molecular flexibility index (Phi) is 6.81. The number of rotatable bonds is 7. The van der Waals surface area contributed by atoms with Gasteiger partial charge in [0, 0.05) is 25.7 Å². The van der Waals surface area contributed by atoms with Gasteiger partial charge in [0.15, 0.2) is 0 Å². The lowest BCUT2D eigenvalue weighted by Crippen LogP contribution is -2.37. The Hall–Kier alpha value is -2.58. The standard InChI is InChI=1S/C19H21F3N2O3/c1-24(18(26)14-8-6-13(10-23)7-9-14)11-15(25)12-27-17-5-3-2-4-16(17)19(20,21)22/h2-9,15,25H,10-12,23H2,1H3. The molecular formula is C19H21F3N2O3. The van der Waals surface area contributed by atoms with Gasteiger partial charge >= 0.3 is 6.18 Å². The van der Waals surface area contributed by atoms with Crippen LogP contribution in [-0.4, -0.2) is 42.2 Å². The summed E-state index contributed by atoms with van der Waals surface area (Å²) in [5.74, 6) is -0.691. The van der Waals surface area contributed by atoms with Crippen molar-refractivity contribution < 1.29 is 27.8 Å². The molecule has 5 nitrogen and oxygen atoms in total. The molecule has 0 aliphatic carbocycles. The van der Waals surface area contributed by atoms with E-state index in [1.165, 1.54) is 30.1 Å². The number of benzene rings is 2. The van der Waals surface area contributed by atoms with Crippen LogP contribution in [0.1, 0.15) is 21.5 Å². The van der Waals surface area contributed by atoms with Crippen molar-refractivity contribution in [2.24, 2.45) is 5.73 Å². The maximum Gasteiger partial charge on any atom is 0.419 e. The van der Waals surface area contributed by atoms with Gasteiger partial charge in [0.2, 0.25) is 0 Å². The van der Waals surface area contributed by atoms with Crippen LogP contribution in [0.4, 0.5) is 13.2 Å². The molecule has 0 bridgehead atoms. The number of nitrogens with zero attached hydrogens (tertiary/aromatic N) is 1. The highest BCUT2D eigenvalue weighted by molar-refractivity contribution is 5.94. The molecule has 1 amide bonds. The summed E-state index contributed by atoms with van der Waals surface area (Å²) >= 11 is 0. The fraction of sp³-hybridized carbons (Fsp3) is 0.316. The number of nitrogens with two attached hydrogens (primary N) is 1. The second kappa shape index (κ2) is 8.88.